The summed E-state index contributed by atoms with van der Waals surface area (Å²) in [5.74, 6) is 1.48. The maximum atomic E-state index is 6.12. The number of rotatable bonds is 2. The van der Waals surface area contributed by atoms with Crippen molar-refractivity contribution in [1.82, 2.24) is 4.98 Å². The molecule has 0 saturated carbocycles. The Balaban J connectivity index is 2.08. The van der Waals surface area contributed by atoms with Crippen LogP contribution in [0.25, 0.3) is 0 Å². The van der Waals surface area contributed by atoms with E-state index in [9.17, 15) is 0 Å². The van der Waals surface area contributed by atoms with Gasteiger partial charge in [0.15, 0.2) is 0 Å². The van der Waals surface area contributed by atoms with Crippen LogP contribution in [0.4, 0.5) is 5.82 Å². The van der Waals surface area contributed by atoms with Crippen LogP contribution in [0.1, 0.15) is 12.8 Å². The lowest BCUT2D eigenvalue weighted by Crippen LogP contribution is -2.36. The van der Waals surface area contributed by atoms with Crippen molar-refractivity contribution in [3.8, 4) is 0 Å². The molecule has 3 nitrogen and oxygen atoms in total. The fourth-order valence-corrected chi connectivity index (χ4v) is 2.52. The van der Waals surface area contributed by atoms with E-state index in [0.717, 1.165) is 38.3 Å². The molecule has 0 unspecified atom stereocenters. The van der Waals surface area contributed by atoms with Crippen LogP contribution in [0, 0.1) is 5.92 Å². The van der Waals surface area contributed by atoms with Gasteiger partial charge in [-0.2, -0.15) is 0 Å². The molecule has 0 spiro atoms. The van der Waals surface area contributed by atoms with Gasteiger partial charge in [0.25, 0.3) is 0 Å². The van der Waals surface area contributed by atoms with Gasteiger partial charge in [0.1, 0.15) is 5.82 Å². The van der Waals surface area contributed by atoms with Gasteiger partial charge in [-0.3, -0.25) is 0 Å². The zero-order valence-corrected chi connectivity index (χ0v) is 10.5. The zero-order valence-electron chi connectivity index (χ0n) is 9.00. The van der Waals surface area contributed by atoms with E-state index in [4.69, 9.17) is 28.9 Å². The third-order valence-electron chi connectivity index (χ3n) is 3.04. The number of pyridine rings is 1. The average Bonchev–Trinajstić information content (AvgIpc) is 2.29. The highest BCUT2D eigenvalue weighted by Crippen LogP contribution is 2.29. The van der Waals surface area contributed by atoms with Crippen molar-refractivity contribution in [1.29, 1.82) is 0 Å². The number of nitrogens with zero attached hydrogens (tertiary/aromatic N) is 2. The Morgan fingerprint density at radius 1 is 1.38 bits per heavy atom. The van der Waals surface area contributed by atoms with Crippen molar-refractivity contribution < 1.29 is 0 Å². The Labute approximate surface area is 106 Å². The highest BCUT2D eigenvalue weighted by atomic mass is 35.5. The summed E-state index contributed by atoms with van der Waals surface area (Å²) in [6, 6.07) is 1.74. The molecule has 0 radical (unpaired) electrons. The smallest absolute Gasteiger partial charge is 0.147 e. The summed E-state index contributed by atoms with van der Waals surface area (Å²) in [4.78, 5) is 6.48. The van der Waals surface area contributed by atoms with E-state index < -0.39 is 0 Å². The van der Waals surface area contributed by atoms with Crippen LogP contribution >= 0.6 is 23.2 Å². The summed E-state index contributed by atoms with van der Waals surface area (Å²) >= 11 is 11.9. The molecular weight excluding hydrogens is 245 g/mol. The Kier molecular flexibility index (Phi) is 3.90. The minimum Gasteiger partial charge on any atom is -0.355 e. The van der Waals surface area contributed by atoms with Gasteiger partial charge in [-0.25, -0.2) is 4.98 Å². The van der Waals surface area contributed by atoms with E-state index in [2.05, 4.69) is 9.88 Å². The Morgan fingerprint density at radius 3 is 2.62 bits per heavy atom. The van der Waals surface area contributed by atoms with Crippen molar-refractivity contribution in [2.75, 3.05) is 24.5 Å². The maximum Gasteiger partial charge on any atom is 0.147 e. The van der Waals surface area contributed by atoms with Crippen molar-refractivity contribution in [2.45, 2.75) is 12.8 Å². The second kappa shape index (κ2) is 5.21. The molecule has 0 aliphatic carbocycles. The summed E-state index contributed by atoms with van der Waals surface area (Å²) in [5, 5.41) is 1.20. The highest BCUT2D eigenvalue weighted by molar-refractivity contribution is 6.36. The Morgan fingerprint density at radius 2 is 2.06 bits per heavy atom. The normalized spacial score (nSPS) is 17.8. The second-order valence-electron chi connectivity index (χ2n) is 4.13. The lowest BCUT2D eigenvalue weighted by molar-refractivity contribution is 0.413. The SMILES string of the molecule is NCC1CCN(c2ncc(Cl)cc2Cl)CC1. The average molecular weight is 260 g/mol. The predicted molar refractivity (Wildman–Crippen MR) is 68.2 cm³/mol. The first-order chi connectivity index (χ1) is 7.70. The van der Waals surface area contributed by atoms with Gasteiger partial charge < -0.3 is 10.6 Å². The number of aromatic nitrogens is 1. The molecule has 0 aromatic carbocycles. The molecule has 2 rings (SSSR count). The van der Waals surface area contributed by atoms with Crippen molar-refractivity contribution in [2.24, 2.45) is 11.7 Å². The number of hydrogen-bond donors (Lipinski definition) is 1. The lowest BCUT2D eigenvalue weighted by Gasteiger charge is -2.32. The van der Waals surface area contributed by atoms with Crippen LogP contribution < -0.4 is 10.6 Å². The quantitative estimate of drug-likeness (QED) is 0.888. The first kappa shape index (κ1) is 12.0. The van der Waals surface area contributed by atoms with E-state index >= 15 is 0 Å². The molecule has 16 heavy (non-hydrogen) atoms. The fourth-order valence-electron chi connectivity index (χ4n) is 2.02. The molecule has 1 aromatic rings. The first-order valence-corrected chi connectivity index (χ1v) is 6.22. The molecule has 0 amide bonds. The minimum absolute atomic E-state index is 0.575. The van der Waals surface area contributed by atoms with Gasteiger partial charge in [0, 0.05) is 19.3 Å². The van der Waals surface area contributed by atoms with Gasteiger partial charge in [0.2, 0.25) is 0 Å². The summed E-state index contributed by atoms with van der Waals surface area (Å²) in [6.07, 6.45) is 3.85. The molecule has 0 bridgehead atoms. The third-order valence-corrected chi connectivity index (χ3v) is 3.52. The van der Waals surface area contributed by atoms with Gasteiger partial charge in [-0.05, 0) is 31.4 Å². The number of halogens is 2. The molecule has 88 valence electrons. The number of nitrogens with two attached hydrogens (primary N) is 1. The van der Waals surface area contributed by atoms with Crippen LogP contribution in [0.15, 0.2) is 12.3 Å². The molecule has 2 N–H and O–H groups in total. The van der Waals surface area contributed by atoms with E-state index in [0.29, 0.717) is 16.0 Å². The predicted octanol–water partition coefficient (Wildman–Crippen LogP) is 2.56. The highest BCUT2D eigenvalue weighted by Gasteiger charge is 2.20. The summed E-state index contributed by atoms with van der Waals surface area (Å²) in [6.45, 7) is 2.71. The zero-order chi connectivity index (χ0) is 11.5. The second-order valence-corrected chi connectivity index (χ2v) is 4.97. The van der Waals surface area contributed by atoms with Gasteiger partial charge >= 0.3 is 0 Å². The monoisotopic (exact) mass is 259 g/mol. The summed E-state index contributed by atoms with van der Waals surface area (Å²) in [7, 11) is 0. The molecule has 1 fully saturated rings. The van der Waals surface area contributed by atoms with Crippen LogP contribution in [0.2, 0.25) is 10.0 Å². The minimum atomic E-state index is 0.575. The third kappa shape index (κ3) is 2.59. The number of piperidine rings is 1. The standard InChI is InChI=1S/C11H15Cl2N3/c12-9-5-10(13)11(15-7-9)16-3-1-8(6-14)2-4-16/h5,7-8H,1-4,6,14H2. The van der Waals surface area contributed by atoms with Crippen molar-refractivity contribution in [3.05, 3.63) is 22.3 Å². The van der Waals surface area contributed by atoms with Crippen molar-refractivity contribution >= 4 is 29.0 Å². The molecular formula is C11H15Cl2N3. The van der Waals surface area contributed by atoms with E-state index in [1.54, 1.807) is 12.3 Å². The molecule has 1 aliphatic heterocycles. The fraction of sp³-hybridized carbons (Fsp3) is 0.545. The Bertz CT molecular complexity index is 362. The molecule has 0 atom stereocenters. The molecule has 1 saturated heterocycles. The van der Waals surface area contributed by atoms with Crippen LogP contribution in [0.5, 0.6) is 0 Å². The maximum absolute atomic E-state index is 6.12. The number of anilines is 1. The van der Waals surface area contributed by atoms with Crippen LogP contribution in [-0.4, -0.2) is 24.6 Å². The van der Waals surface area contributed by atoms with Crippen LogP contribution in [-0.2, 0) is 0 Å². The molecule has 1 aliphatic rings. The van der Waals surface area contributed by atoms with Gasteiger partial charge in [-0.15, -0.1) is 0 Å². The van der Waals surface area contributed by atoms with E-state index in [1.165, 1.54) is 0 Å². The summed E-state index contributed by atoms with van der Waals surface area (Å²) in [5.41, 5.74) is 5.66. The molecule has 5 heteroatoms. The topological polar surface area (TPSA) is 42.1 Å². The number of hydrogen-bond acceptors (Lipinski definition) is 3. The largest absolute Gasteiger partial charge is 0.355 e. The lowest BCUT2D eigenvalue weighted by atomic mass is 9.97. The summed E-state index contributed by atoms with van der Waals surface area (Å²) < 4.78 is 0. The van der Waals surface area contributed by atoms with Gasteiger partial charge in [-0.1, -0.05) is 23.2 Å². The van der Waals surface area contributed by atoms with E-state index in [-0.39, 0.29) is 0 Å². The van der Waals surface area contributed by atoms with E-state index in [1.807, 2.05) is 0 Å². The molecule has 2 heterocycles. The van der Waals surface area contributed by atoms with Crippen LogP contribution in [0.3, 0.4) is 0 Å². The Hall–Kier alpha value is -0.510. The molecule has 1 aromatic heterocycles. The van der Waals surface area contributed by atoms with Crippen molar-refractivity contribution in [3.63, 3.8) is 0 Å². The first-order valence-electron chi connectivity index (χ1n) is 5.46. The van der Waals surface area contributed by atoms with Gasteiger partial charge in [0.05, 0.1) is 10.0 Å².